The standard InChI is InChI=1S/C20H22BrFN2O4S/c1-2-14-3-4-15(12-19(14)29(26,27)24-7-9-28-10-8-24)20(25)23-13-16-11-17(21)5-6-18(16)22/h3-6,11-12H,2,7-10,13H2,1H3,(H,23,25). The van der Waals surface area contributed by atoms with Gasteiger partial charge in [0.15, 0.2) is 0 Å². The van der Waals surface area contributed by atoms with Gasteiger partial charge in [-0.2, -0.15) is 4.31 Å². The zero-order chi connectivity index (χ0) is 21.0. The molecule has 0 atom stereocenters. The molecule has 0 spiro atoms. The van der Waals surface area contributed by atoms with Crippen LogP contribution in [-0.4, -0.2) is 44.9 Å². The van der Waals surface area contributed by atoms with Crippen molar-refractivity contribution >= 4 is 31.9 Å². The summed E-state index contributed by atoms with van der Waals surface area (Å²) in [4.78, 5) is 12.7. The zero-order valence-electron chi connectivity index (χ0n) is 16.0. The van der Waals surface area contributed by atoms with E-state index in [1.807, 2.05) is 6.92 Å². The number of aryl methyl sites for hydroxylation is 1. The summed E-state index contributed by atoms with van der Waals surface area (Å²) >= 11 is 3.27. The minimum absolute atomic E-state index is 0.00875. The molecule has 1 N–H and O–H groups in total. The summed E-state index contributed by atoms with van der Waals surface area (Å²) in [6.45, 7) is 3.11. The molecule has 1 fully saturated rings. The van der Waals surface area contributed by atoms with Crippen LogP contribution in [0.5, 0.6) is 0 Å². The second-order valence-electron chi connectivity index (χ2n) is 6.61. The lowest BCUT2D eigenvalue weighted by atomic mass is 10.1. The zero-order valence-corrected chi connectivity index (χ0v) is 18.4. The van der Waals surface area contributed by atoms with E-state index in [-0.39, 0.29) is 30.1 Å². The average Bonchev–Trinajstić information content (AvgIpc) is 2.74. The van der Waals surface area contributed by atoms with Crippen LogP contribution in [0.25, 0.3) is 0 Å². The van der Waals surface area contributed by atoms with Crippen LogP contribution in [0.15, 0.2) is 45.8 Å². The monoisotopic (exact) mass is 484 g/mol. The maximum Gasteiger partial charge on any atom is 0.251 e. The molecule has 1 amide bonds. The summed E-state index contributed by atoms with van der Waals surface area (Å²) in [5, 5.41) is 2.65. The summed E-state index contributed by atoms with van der Waals surface area (Å²) in [6.07, 6.45) is 0.518. The van der Waals surface area contributed by atoms with E-state index >= 15 is 0 Å². The Morgan fingerprint density at radius 2 is 1.90 bits per heavy atom. The van der Waals surface area contributed by atoms with Crippen LogP contribution in [0.2, 0.25) is 0 Å². The molecule has 0 saturated carbocycles. The highest BCUT2D eigenvalue weighted by atomic mass is 79.9. The third-order valence-electron chi connectivity index (χ3n) is 4.75. The number of nitrogens with zero attached hydrogens (tertiary/aromatic N) is 1. The predicted molar refractivity (Wildman–Crippen MR) is 111 cm³/mol. The fourth-order valence-corrected chi connectivity index (χ4v) is 5.25. The van der Waals surface area contributed by atoms with Crippen molar-refractivity contribution in [2.24, 2.45) is 0 Å². The Hall–Kier alpha value is -1.81. The maximum absolute atomic E-state index is 13.9. The number of hydrogen-bond donors (Lipinski definition) is 1. The minimum atomic E-state index is -3.73. The van der Waals surface area contributed by atoms with Gasteiger partial charge in [-0.25, -0.2) is 12.8 Å². The number of carbonyl (C=O) groups excluding carboxylic acids is 1. The quantitative estimate of drug-likeness (QED) is 0.683. The first kappa shape index (κ1) is 21.9. The molecule has 0 unspecified atom stereocenters. The SMILES string of the molecule is CCc1ccc(C(=O)NCc2cc(Br)ccc2F)cc1S(=O)(=O)N1CCOCC1. The van der Waals surface area contributed by atoms with E-state index in [9.17, 15) is 17.6 Å². The highest BCUT2D eigenvalue weighted by Gasteiger charge is 2.29. The van der Waals surface area contributed by atoms with Crippen LogP contribution in [-0.2, 0) is 27.7 Å². The topological polar surface area (TPSA) is 75.7 Å². The van der Waals surface area contributed by atoms with Crippen molar-refractivity contribution in [3.63, 3.8) is 0 Å². The van der Waals surface area contributed by atoms with Crippen LogP contribution in [0.1, 0.15) is 28.4 Å². The fourth-order valence-electron chi connectivity index (χ4n) is 3.11. The van der Waals surface area contributed by atoms with E-state index < -0.39 is 21.7 Å². The Balaban J connectivity index is 1.84. The molecule has 0 aliphatic carbocycles. The van der Waals surface area contributed by atoms with Gasteiger partial charge in [0.05, 0.1) is 18.1 Å². The summed E-state index contributed by atoms with van der Waals surface area (Å²) < 4.78 is 47.4. The second kappa shape index (κ2) is 9.34. The number of nitrogens with one attached hydrogen (secondary N) is 1. The van der Waals surface area contributed by atoms with E-state index in [0.717, 1.165) is 0 Å². The molecule has 1 aliphatic heterocycles. The van der Waals surface area contributed by atoms with Crippen LogP contribution in [0.4, 0.5) is 4.39 Å². The lowest BCUT2D eigenvalue weighted by Gasteiger charge is -2.27. The van der Waals surface area contributed by atoms with Crippen LogP contribution in [0.3, 0.4) is 0 Å². The van der Waals surface area contributed by atoms with Crippen molar-refractivity contribution in [2.75, 3.05) is 26.3 Å². The Labute approximate surface area is 178 Å². The third kappa shape index (κ3) is 5.03. The minimum Gasteiger partial charge on any atom is -0.379 e. The number of amides is 1. The number of hydrogen-bond acceptors (Lipinski definition) is 4. The first-order valence-corrected chi connectivity index (χ1v) is 11.5. The smallest absolute Gasteiger partial charge is 0.251 e. The molecule has 0 aromatic heterocycles. The molecule has 2 aromatic carbocycles. The summed E-state index contributed by atoms with van der Waals surface area (Å²) in [5.41, 5.74) is 1.19. The number of rotatable bonds is 6. The maximum atomic E-state index is 13.9. The van der Waals surface area contributed by atoms with Crippen molar-refractivity contribution < 1.29 is 22.3 Å². The van der Waals surface area contributed by atoms with Gasteiger partial charge >= 0.3 is 0 Å². The molecule has 1 aliphatic rings. The Kier molecular flexibility index (Phi) is 7.05. The lowest BCUT2D eigenvalue weighted by molar-refractivity contribution is 0.0730. The van der Waals surface area contributed by atoms with Gasteiger partial charge < -0.3 is 10.1 Å². The van der Waals surface area contributed by atoms with E-state index in [4.69, 9.17) is 4.74 Å². The van der Waals surface area contributed by atoms with Crippen LogP contribution >= 0.6 is 15.9 Å². The van der Waals surface area contributed by atoms with E-state index in [0.29, 0.717) is 35.2 Å². The summed E-state index contributed by atoms with van der Waals surface area (Å²) in [7, 11) is -3.73. The van der Waals surface area contributed by atoms with Crippen molar-refractivity contribution in [1.29, 1.82) is 0 Å². The first-order chi connectivity index (χ1) is 13.8. The Bertz CT molecular complexity index is 1010. The molecular weight excluding hydrogens is 463 g/mol. The molecular formula is C20H22BrFN2O4S. The van der Waals surface area contributed by atoms with Crippen LogP contribution in [0, 0.1) is 5.82 Å². The molecule has 29 heavy (non-hydrogen) atoms. The molecule has 1 saturated heterocycles. The van der Waals surface area contributed by atoms with Crippen molar-refractivity contribution in [3.05, 3.63) is 63.4 Å². The van der Waals surface area contributed by atoms with Gasteiger partial charge in [0, 0.05) is 35.2 Å². The van der Waals surface area contributed by atoms with Gasteiger partial charge in [-0.1, -0.05) is 28.9 Å². The predicted octanol–water partition coefficient (Wildman–Crippen LogP) is 3.10. The van der Waals surface area contributed by atoms with Gasteiger partial charge in [-0.05, 0) is 42.3 Å². The van der Waals surface area contributed by atoms with Gasteiger partial charge in [-0.15, -0.1) is 0 Å². The number of morpholine rings is 1. The normalized spacial score (nSPS) is 15.3. The van der Waals surface area contributed by atoms with Gasteiger partial charge in [0.1, 0.15) is 5.82 Å². The third-order valence-corrected chi connectivity index (χ3v) is 7.22. The highest BCUT2D eigenvalue weighted by Crippen LogP contribution is 2.24. The molecule has 0 bridgehead atoms. The second-order valence-corrected chi connectivity index (χ2v) is 9.43. The van der Waals surface area contributed by atoms with Gasteiger partial charge in [0.2, 0.25) is 10.0 Å². The molecule has 156 valence electrons. The fraction of sp³-hybridized carbons (Fsp3) is 0.350. The summed E-state index contributed by atoms with van der Waals surface area (Å²) in [6, 6.07) is 9.12. The number of sulfonamides is 1. The summed E-state index contributed by atoms with van der Waals surface area (Å²) in [5.74, 6) is -0.893. The van der Waals surface area contributed by atoms with E-state index in [1.54, 1.807) is 24.3 Å². The Morgan fingerprint density at radius 1 is 1.17 bits per heavy atom. The number of benzene rings is 2. The lowest BCUT2D eigenvalue weighted by Crippen LogP contribution is -2.41. The molecule has 9 heteroatoms. The van der Waals surface area contributed by atoms with Crippen molar-refractivity contribution in [2.45, 2.75) is 24.8 Å². The largest absolute Gasteiger partial charge is 0.379 e. The molecule has 1 heterocycles. The van der Waals surface area contributed by atoms with Crippen molar-refractivity contribution in [1.82, 2.24) is 9.62 Å². The van der Waals surface area contributed by atoms with E-state index in [1.165, 1.54) is 16.4 Å². The van der Waals surface area contributed by atoms with Gasteiger partial charge in [0.25, 0.3) is 5.91 Å². The van der Waals surface area contributed by atoms with Gasteiger partial charge in [-0.3, -0.25) is 4.79 Å². The molecule has 3 rings (SSSR count). The average molecular weight is 485 g/mol. The molecule has 2 aromatic rings. The van der Waals surface area contributed by atoms with Crippen LogP contribution < -0.4 is 5.32 Å². The Morgan fingerprint density at radius 3 is 2.59 bits per heavy atom. The molecule has 6 nitrogen and oxygen atoms in total. The number of carbonyl (C=O) groups is 1. The highest BCUT2D eigenvalue weighted by molar-refractivity contribution is 9.10. The molecule has 0 radical (unpaired) electrons. The number of ether oxygens (including phenoxy) is 1. The van der Waals surface area contributed by atoms with Crippen molar-refractivity contribution in [3.8, 4) is 0 Å². The number of halogens is 2. The van der Waals surface area contributed by atoms with E-state index in [2.05, 4.69) is 21.2 Å². The first-order valence-electron chi connectivity index (χ1n) is 9.26.